The van der Waals surface area contributed by atoms with Crippen LogP contribution in [0.1, 0.15) is 31.0 Å². The summed E-state index contributed by atoms with van der Waals surface area (Å²) in [5.74, 6) is 0.569. The fraction of sp³-hybridized carbons (Fsp3) is 0.455. The Morgan fingerprint density at radius 2 is 1.60 bits per heavy atom. The van der Waals surface area contributed by atoms with Crippen LogP contribution in [0.15, 0.2) is 60.7 Å². The lowest BCUT2D eigenvalue weighted by molar-refractivity contribution is -0.0659. The summed E-state index contributed by atoms with van der Waals surface area (Å²) in [5, 5.41) is 0. The van der Waals surface area contributed by atoms with Crippen LogP contribution in [-0.4, -0.2) is 38.5 Å². The number of nitrogens with zero attached hydrogens (tertiary/aromatic N) is 1. The van der Waals surface area contributed by atoms with E-state index in [4.69, 9.17) is 9.47 Å². The Balaban J connectivity index is 1.85. The molecule has 134 valence electrons. The second kappa shape index (κ2) is 8.13. The summed E-state index contributed by atoms with van der Waals surface area (Å²) in [6.07, 6.45) is 0. The molecule has 1 saturated heterocycles. The highest BCUT2D eigenvalue weighted by Gasteiger charge is 2.43. The molecule has 0 unspecified atom stereocenters. The average Bonchev–Trinajstić information content (AvgIpc) is 2.92. The molecule has 0 spiro atoms. The van der Waals surface area contributed by atoms with Gasteiger partial charge in [0, 0.05) is 25.6 Å². The van der Waals surface area contributed by atoms with Crippen molar-refractivity contribution in [2.75, 3.05) is 33.6 Å². The molecule has 2 atom stereocenters. The van der Waals surface area contributed by atoms with Gasteiger partial charge in [0.05, 0.1) is 12.6 Å². The Morgan fingerprint density at radius 1 is 1.04 bits per heavy atom. The van der Waals surface area contributed by atoms with Gasteiger partial charge in [-0.25, -0.2) is 0 Å². The molecule has 2 aromatic rings. The van der Waals surface area contributed by atoms with E-state index in [0.717, 1.165) is 19.7 Å². The maximum absolute atomic E-state index is 5.73. The Hall–Kier alpha value is -1.68. The van der Waals surface area contributed by atoms with Crippen molar-refractivity contribution in [3.8, 4) is 0 Å². The van der Waals surface area contributed by atoms with Gasteiger partial charge in [0.2, 0.25) is 0 Å². The Labute approximate surface area is 151 Å². The van der Waals surface area contributed by atoms with E-state index >= 15 is 0 Å². The number of likely N-dealkylation sites (tertiary alicyclic amines) is 1. The zero-order chi connectivity index (χ0) is 17.7. The van der Waals surface area contributed by atoms with Gasteiger partial charge >= 0.3 is 0 Å². The molecule has 1 heterocycles. The predicted molar refractivity (Wildman–Crippen MR) is 101 cm³/mol. The first-order valence-electron chi connectivity index (χ1n) is 9.05. The number of benzene rings is 2. The largest absolute Gasteiger partial charge is 0.359 e. The first-order chi connectivity index (χ1) is 12.1. The minimum atomic E-state index is 0.139. The fourth-order valence-electron chi connectivity index (χ4n) is 3.88. The van der Waals surface area contributed by atoms with Crippen LogP contribution in [0.3, 0.4) is 0 Å². The van der Waals surface area contributed by atoms with Gasteiger partial charge in [-0.05, 0) is 17.0 Å². The lowest BCUT2D eigenvalue weighted by Crippen LogP contribution is -2.33. The molecular formula is C22H29NO2. The van der Waals surface area contributed by atoms with Crippen LogP contribution >= 0.6 is 0 Å². The second-order valence-electron chi connectivity index (χ2n) is 7.46. The zero-order valence-corrected chi connectivity index (χ0v) is 15.5. The summed E-state index contributed by atoms with van der Waals surface area (Å²) in [7, 11) is 1.67. The SMILES string of the molecule is COCOC[C@@]1(C)CN(C(c2ccccc2)c2ccccc2)C[C@@H]1C. The Kier molecular flexibility index (Phi) is 5.89. The molecule has 0 bridgehead atoms. The van der Waals surface area contributed by atoms with Crippen molar-refractivity contribution in [1.82, 2.24) is 4.90 Å². The zero-order valence-electron chi connectivity index (χ0n) is 15.5. The maximum Gasteiger partial charge on any atom is 0.146 e. The third-order valence-electron chi connectivity index (χ3n) is 5.49. The van der Waals surface area contributed by atoms with E-state index in [9.17, 15) is 0 Å². The molecule has 3 heteroatoms. The number of rotatable bonds is 7. The Bertz CT molecular complexity index is 606. The van der Waals surface area contributed by atoms with Crippen molar-refractivity contribution in [3.63, 3.8) is 0 Å². The fourth-order valence-corrected chi connectivity index (χ4v) is 3.88. The normalized spacial score (nSPS) is 24.1. The third-order valence-corrected chi connectivity index (χ3v) is 5.49. The smallest absolute Gasteiger partial charge is 0.146 e. The average molecular weight is 339 g/mol. The van der Waals surface area contributed by atoms with E-state index in [2.05, 4.69) is 79.4 Å². The molecule has 0 saturated carbocycles. The second-order valence-corrected chi connectivity index (χ2v) is 7.46. The van der Waals surface area contributed by atoms with Gasteiger partial charge in [-0.3, -0.25) is 4.90 Å². The van der Waals surface area contributed by atoms with Gasteiger partial charge in [-0.1, -0.05) is 74.5 Å². The van der Waals surface area contributed by atoms with Crippen LogP contribution in [0.5, 0.6) is 0 Å². The van der Waals surface area contributed by atoms with Crippen molar-refractivity contribution < 1.29 is 9.47 Å². The van der Waals surface area contributed by atoms with Gasteiger partial charge in [-0.15, -0.1) is 0 Å². The minimum Gasteiger partial charge on any atom is -0.359 e. The molecule has 0 aliphatic carbocycles. The Morgan fingerprint density at radius 3 is 2.12 bits per heavy atom. The van der Waals surface area contributed by atoms with Crippen molar-refractivity contribution in [1.29, 1.82) is 0 Å². The van der Waals surface area contributed by atoms with Crippen LogP contribution < -0.4 is 0 Å². The number of methoxy groups -OCH3 is 1. The van der Waals surface area contributed by atoms with Crippen LogP contribution in [0.2, 0.25) is 0 Å². The summed E-state index contributed by atoms with van der Waals surface area (Å²) in [5.41, 5.74) is 2.84. The monoisotopic (exact) mass is 339 g/mol. The van der Waals surface area contributed by atoms with Crippen LogP contribution in [0.4, 0.5) is 0 Å². The number of ether oxygens (including phenoxy) is 2. The van der Waals surface area contributed by atoms with Crippen LogP contribution in [0, 0.1) is 11.3 Å². The maximum atomic E-state index is 5.73. The third kappa shape index (κ3) is 4.12. The van der Waals surface area contributed by atoms with E-state index in [1.54, 1.807) is 7.11 Å². The molecule has 0 aromatic heterocycles. The summed E-state index contributed by atoms with van der Waals surface area (Å²) in [4.78, 5) is 2.60. The molecule has 3 rings (SSSR count). The molecule has 1 fully saturated rings. The van der Waals surface area contributed by atoms with Gasteiger partial charge in [0.25, 0.3) is 0 Å². The van der Waals surface area contributed by atoms with E-state index < -0.39 is 0 Å². The highest BCUT2D eigenvalue weighted by molar-refractivity contribution is 5.32. The van der Waals surface area contributed by atoms with E-state index in [1.807, 2.05) is 0 Å². The molecule has 1 aliphatic rings. The summed E-state index contributed by atoms with van der Waals surface area (Å²) in [6, 6.07) is 21.9. The van der Waals surface area contributed by atoms with Crippen LogP contribution in [-0.2, 0) is 9.47 Å². The summed E-state index contributed by atoms with van der Waals surface area (Å²) >= 11 is 0. The molecule has 3 nitrogen and oxygen atoms in total. The van der Waals surface area contributed by atoms with E-state index in [-0.39, 0.29) is 11.5 Å². The molecule has 1 aliphatic heterocycles. The molecule has 2 aromatic carbocycles. The number of hydrogen-bond acceptors (Lipinski definition) is 3. The molecule has 0 radical (unpaired) electrons. The molecule has 0 amide bonds. The van der Waals surface area contributed by atoms with E-state index in [0.29, 0.717) is 12.7 Å². The van der Waals surface area contributed by atoms with Gasteiger partial charge in [-0.2, -0.15) is 0 Å². The first-order valence-corrected chi connectivity index (χ1v) is 9.05. The van der Waals surface area contributed by atoms with Gasteiger partial charge in [0.1, 0.15) is 6.79 Å². The quantitative estimate of drug-likeness (QED) is 0.553. The van der Waals surface area contributed by atoms with Crippen molar-refractivity contribution in [3.05, 3.63) is 71.8 Å². The first kappa shape index (κ1) is 18.1. The predicted octanol–water partition coefficient (Wildman–Crippen LogP) is 4.35. The molecule has 0 N–H and O–H groups in total. The molecule has 25 heavy (non-hydrogen) atoms. The van der Waals surface area contributed by atoms with Crippen molar-refractivity contribution in [2.24, 2.45) is 11.3 Å². The van der Waals surface area contributed by atoms with Crippen LogP contribution in [0.25, 0.3) is 0 Å². The van der Waals surface area contributed by atoms with Crippen molar-refractivity contribution >= 4 is 0 Å². The highest BCUT2D eigenvalue weighted by atomic mass is 16.7. The molecular weight excluding hydrogens is 310 g/mol. The standard InChI is InChI=1S/C22H29NO2/c1-18-14-23(15-22(18,2)16-25-17-24-3)21(19-10-6-4-7-11-19)20-12-8-5-9-13-20/h4-13,18,21H,14-17H2,1-3H3/t18-,22+/m0/s1. The van der Waals surface area contributed by atoms with Gasteiger partial charge in [0.15, 0.2) is 0 Å². The highest BCUT2D eigenvalue weighted by Crippen LogP contribution is 2.41. The minimum absolute atomic E-state index is 0.139. The lowest BCUT2D eigenvalue weighted by Gasteiger charge is -2.31. The topological polar surface area (TPSA) is 21.7 Å². The lowest BCUT2D eigenvalue weighted by atomic mass is 9.82. The van der Waals surface area contributed by atoms with E-state index in [1.165, 1.54) is 11.1 Å². The summed E-state index contributed by atoms with van der Waals surface area (Å²) in [6.45, 7) is 7.86. The summed E-state index contributed by atoms with van der Waals surface area (Å²) < 4.78 is 10.8. The number of hydrogen-bond donors (Lipinski definition) is 0. The van der Waals surface area contributed by atoms with Gasteiger partial charge < -0.3 is 9.47 Å². The van der Waals surface area contributed by atoms with Crippen molar-refractivity contribution in [2.45, 2.75) is 19.9 Å².